The van der Waals surface area contributed by atoms with Gasteiger partial charge in [0.2, 0.25) is 0 Å². The third-order valence-corrected chi connectivity index (χ3v) is 6.20. The Kier molecular flexibility index (Phi) is 4.92. The molecule has 4 unspecified atom stereocenters. The first-order valence-electron chi connectivity index (χ1n) is 9.83. The third kappa shape index (κ3) is 3.10. The van der Waals surface area contributed by atoms with Gasteiger partial charge >= 0.3 is 0 Å². The summed E-state index contributed by atoms with van der Waals surface area (Å²) in [5, 5.41) is 7.18. The normalized spacial score (nSPS) is 24.2. The van der Waals surface area contributed by atoms with E-state index >= 15 is 0 Å². The van der Waals surface area contributed by atoms with E-state index in [0.29, 0.717) is 5.78 Å². The average Bonchev–Trinajstić information content (AvgIpc) is 2.71. The number of carbonyl (C=O) groups is 1. The van der Waals surface area contributed by atoms with Crippen LogP contribution in [0.5, 0.6) is 0 Å². The number of benzene rings is 2. The van der Waals surface area contributed by atoms with E-state index in [2.05, 4.69) is 73.0 Å². The van der Waals surface area contributed by atoms with Crippen molar-refractivity contribution < 1.29 is 4.79 Å². The zero-order valence-corrected chi connectivity index (χ0v) is 15.7. The summed E-state index contributed by atoms with van der Waals surface area (Å²) in [6.07, 6.45) is 2.08. The summed E-state index contributed by atoms with van der Waals surface area (Å²) >= 11 is 0. The number of fused-ring (bicyclic) bond motifs is 2. The summed E-state index contributed by atoms with van der Waals surface area (Å²) in [6.45, 7) is 6.07. The number of hydrogen-bond acceptors (Lipinski definition) is 3. The van der Waals surface area contributed by atoms with Crippen LogP contribution in [0.4, 0.5) is 0 Å². The van der Waals surface area contributed by atoms with E-state index in [0.717, 1.165) is 25.9 Å². The van der Waals surface area contributed by atoms with E-state index in [1.54, 1.807) is 0 Å². The molecule has 0 aliphatic carbocycles. The molecule has 2 aliphatic rings. The van der Waals surface area contributed by atoms with Crippen LogP contribution >= 0.6 is 0 Å². The molecular formula is C23H28N2O. The Labute approximate surface area is 156 Å². The summed E-state index contributed by atoms with van der Waals surface area (Å²) in [6, 6.07) is 17.3. The number of rotatable bonds is 4. The van der Waals surface area contributed by atoms with Gasteiger partial charge in [-0.05, 0) is 48.2 Å². The second-order valence-corrected chi connectivity index (χ2v) is 7.74. The molecule has 4 atom stereocenters. The number of nitrogens with one attached hydrogen (secondary N) is 2. The van der Waals surface area contributed by atoms with Gasteiger partial charge in [-0.1, -0.05) is 62.4 Å². The van der Waals surface area contributed by atoms with E-state index in [-0.39, 0.29) is 23.9 Å². The van der Waals surface area contributed by atoms with Crippen molar-refractivity contribution in [2.45, 2.75) is 38.8 Å². The zero-order valence-electron chi connectivity index (χ0n) is 15.7. The molecule has 0 saturated heterocycles. The lowest BCUT2D eigenvalue weighted by Gasteiger charge is -2.35. The summed E-state index contributed by atoms with van der Waals surface area (Å²) in [5.41, 5.74) is 5.35. The van der Waals surface area contributed by atoms with Crippen LogP contribution in [0.15, 0.2) is 48.5 Å². The molecule has 2 aliphatic heterocycles. The van der Waals surface area contributed by atoms with Crippen molar-refractivity contribution in [2.24, 2.45) is 11.8 Å². The molecule has 0 saturated carbocycles. The fraction of sp³-hybridized carbons (Fsp3) is 0.435. The smallest absolute Gasteiger partial charge is 0.142 e. The van der Waals surface area contributed by atoms with Gasteiger partial charge in [0.15, 0.2) is 0 Å². The Balaban J connectivity index is 1.57. The first-order valence-corrected chi connectivity index (χ1v) is 9.83. The molecule has 26 heavy (non-hydrogen) atoms. The van der Waals surface area contributed by atoms with Crippen molar-refractivity contribution in [1.82, 2.24) is 10.6 Å². The van der Waals surface area contributed by atoms with Crippen molar-refractivity contribution >= 4 is 5.78 Å². The summed E-state index contributed by atoms with van der Waals surface area (Å²) < 4.78 is 0. The standard InChI is InChI=1S/C23H28N2O/c1-15(21-19-9-5-3-7-17(19)11-13-24-21)23(26)16(2)22-20-10-6-4-8-18(20)12-14-25-22/h3-10,15-16,21-22,24-25H,11-14H2,1-2H3. The quantitative estimate of drug-likeness (QED) is 0.887. The molecule has 2 aromatic rings. The predicted octanol–water partition coefficient (Wildman–Crippen LogP) is 3.60. The maximum atomic E-state index is 13.4. The molecule has 2 aromatic carbocycles. The van der Waals surface area contributed by atoms with Gasteiger partial charge in [-0.2, -0.15) is 0 Å². The van der Waals surface area contributed by atoms with Gasteiger partial charge < -0.3 is 10.6 Å². The highest BCUT2D eigenvalue weighted by Gasteiger charge is 2.36. The summed E-state index contributed by atoms with van der Waals surface area (Å²) in [7, 11) is 0. The van der Waals surface area contributed by atoms with Gasteiger partial charge in [-0.15, -0.1) is 0 Å². The first kappa shape index (κ1) is 17.4. The number of Topliss-reactive ketones (excluding diaryl/α,β-unsaturated/α-hetero) is 1. The average molecular weight is 348 g/mol. The minimum Gasteiger partial charge on any atom is -0.309 e. The van der Waals surface area contributed by atoms with Crippen LogP contribution in [0.3, 0.4) is 0 Å². The number of ketones is 1. The first-order chi connectivity index (χ1) is 12.7. The largest absolute Gasteiger partial charge is 0.309 e. The Bertz CT molecular complexity index is 735. The van der Waals surface area contributed by atoms with Crippen LogP contribution in [0, 0.1) is 11.8 Å². The molecule has 0 spiro atoms. The Morgan fingerprint density at radius 3 is 1.69 bits per heavy atom. The Morgan fingerprint density at radius 1 is 0.808 bits per heavy atom. The topological polar surface area (TPSA) is 41.1 Å². The molecule has 0 bridgehead atoms. The van der Waals surface area contributed by atoms with Crippen LogP contribution < -0.4 is 10.6 Å². The Hall–Kier alpha value is -1.97. The molecule has 0 radical (unpaired) electrons. The summed E-state index contributed by atoms with van der Waals surface area (Å²) in [5.74, 6) is 0.262. The molecule has 4 rings (SSSR count). The molecule has 0 amide bonds. The van der Waals surface area contributed by atoms with E-state index in [1.165, 1.54) is 22.3 Å². The fourth-order valence-electron chi connectivity index (χ4n) is 4.71. The van der Waals surface area contributed by atoms with Crippen molar-refractivity contribution in [1.29, 1.82) is 0 Å². The van der Waals surface area contributed by atoms with E-state index in [1.807, 2.05) is 0 Å². The maximum Gasteiger partial charge on any atom is 0.142 e. The maximum absolute atomic E-state index is 13.4. The van der Waals surface area contributed by atoms with Crippen LogP contribution in [0.25, 0.3) is 0 Å². The van der Waals surface area contributed by atoms with Gasteiger partial charge in [0.05, 0.1) is 0 Å². The molecule has 2 N–H and O–H groups in total. The lowest BCUT2D eigenvalue weighted by atomic mass is 9.77. The third-order valence-electron chi connectivity index (χ3n) is 6.20. The number of hydrogen-bond donors (Lipinski definition) is 2. The molecule has 136 valence electrons. The van der Waals surface area contributed by atoms with E-state index in [9.17, 15) is 4.79 Å². The fourth-order valence-corrected chi connectivity index (χ4v) is 4.71. The van der Waals surface area contributed by atoms with Crippen LogP contribution in [0.1, 0.15) is 48.2 Å². The van der Waals surface area contributed by atoms with Crippen molar-refractivity contribution in [3.8, 4) is 0 Å². The van der Waals surface area contributed by atoms with Gasteiger partial charge in [0.1, 0.15) is 5.78 Å². The highest BCUT2D eigenvalue weighted by atomic mass is 16.1. The van der Waals surface area contributed by atoms with E-state index in [4.69, 9.17) is 0 Å². The zero-order chi connectivity index (χ0) is 18.1. The lowest BCUT2D eigenvalue weighted by molar-refractivity contribution is -0.127. The van der Waals surface area contributed by atoms with Crippen LogP contribution in [0.2, 0.25) is 0 Å². The molecule has 0 aromatic heterocycles. The minimum atomic E-state index is -0.0395. The summed E-state index contributed by atoms with van der Waals surface area (Å²) in [4.78, 5) is 13.4. The number of carbonyl (C=O) groups excluding carboxylic acids is 1. The van der Waals surface area contributed by atoms with Crippen LogP contribution in [-0.4, -0.2) is 18.9 Å². The van der Waals surface area contributed by atoms with Crippen LogP contribution in [-0.2, 0) is 17.6 Å². The second kappa shape index (κ2) is 7.34. The van der Waals surface area contributed by atoms with Gasteiger partial charge in [0.25, 0.3) is 0 Å². The minimum absolute atomic E-state index is 0.0395. The molecule has 3 nitrogen and oxygen atoms in total. The SMILES string of the molecule is CC(C(=O)C(C)C1NCCc2ccccc21)C1NCCc2ccccc21. The van der Waals surface area contributed by atoms with E-state index < -0.39 is 0 Å². The monoisotopic (exact) mass is 348 g/mol. The van der Waals surface area contributed by atoms with Crippen molar-refractivity contribution in [3.63, 3.8) is 0 Å². The molecule has 2 heterocycles. The Morgan fingerprint density at radius 2 is 1.23 bits per heavy atom. The molecule has 0 fully saturated rings. The van der Waals surface area contributed by atoms with Gasteiger partial charge in [-0.3, -0.25) is 4.79 Å². The highest BCUT2D eigenvalue weighted by Crippen LogP contribution is 2.35. The lowest BCUT2D eigenvalue weighted by Crippen LogP contribution is -2.42. The second-order valence-electron chi connectivity index (χ2n) is 7.74. The van der Waals surface area contributed by atoms with Gasteiger partial charge in [-0.25, -0.2) is 0 Å². The predicted molar refractivity (Wildman–Crippen MR) is 105 cm³/mol. The highest BCUT2D eigenvalue weighted by molar-refractivity contribution is 5.84. The van der Waals surface area contributed by atoms with Crippen molar-refractivity contribution in [3.05, 3.63) is 70.8 Å². The van der Waals surface area contributed by atoms with Crippen molar-refractivity contribution in [2.75, 3.05) is 13.1 Å². The molecule has 3 heteroatoms. The van der Waals surface area contributed by atoms with Gasteiger partial charge in [0, 0.05) is 23.9 Å². The molecular weight excluding hydrogens is 320 g/mol.